The van der Waals surface area contributed by atoms with Crippen molar-refractivity contribution in [3.63, 3.8) is 0 Å². The van der Waals surface area contributed by atoms with Gasteiger partial charge in [0.15, 0.2) is 0 Å². The predicted octanol–water partition coefficient (Wildman–Crippen LogP) is 1.94. The number of pyridine rings is 1. The van der Waals surface area contributed by atoms with Crippen molar-refractivity contribution >= 4 is 5.97 Å². The van der Waals surface area contributed by atoms with Gasteiger partial charge in [-0.2, -0.15) is 0 Å². The van der Waals surface area contributed by atoms with Crippen molar-refractivity contribution in [2.24, 2.45) is 0 Å². The van der Waals surface area contributed by atoms with Crippen LogP contribution < -0.4 is 0 Å². The van der Waals surface area contributed by atoms with E-state index in [-0.39, 0.29) is 12.1 Å². The van der Waals surface area contributed by atoms with Gasteiger partial charge in [0.25, 0.3) is 0 Å². The summed E-state index contributed by atoms with van der Waals surface area (Å²) in [6, 6.07) is 4.07. The van der Waals surface area contributed by atoms with Gasteiger partial charge in [0.1, 0.15) is 6.10 Å². The van der Waals surface area contributed by atoms with Crippen molar-refractivity contribution in [2.75, 3.05) is 0 Å². The molecule has 14 heavy (non-hydrogen) atoms. The van der Waals surface area contributed by atoms with Crippen LogP contribution >= 0.6 is 0 Å². The van der Waals surface area contributed by atoms with Crippen molar-refractivity contribution < 1.29 is 9.53 Å². The molecule has 1 aromatic rings. The molecule has 3 nitrogen and oxygen atoms in total. The number of carbonyl (C=O) groups excluding carboxylic acids is 1. The third kappa shape index (κ3) is 1.62. The van der Waals surface area contributed by atoms with E-state index < -0.39 is 0 Å². The molecule has 1 aliphatic rings. The molecule has 1 heterocycles. The zero-order valence-electron chi connectivity index (χ0n) is 8.41. The number of aromatic nitrogens is 1. The van der Waals surface area contributed by atoms with Gasteiger partial charge in [-0.15, -0.1) is 0 Å². The van der Waals surface area contributed by atoms with E-state index in [2.05, 4.69) is 11.1 Å². The molecule has 0 saturated heterocycles. The third-order valence-electron chi connectivity index (χ3n) is 2.44. The van der Waals surface area contributed by atoms with E-state index in [9.17, 15) is 4.79 Å². The van der Waals surface area contributed by atoms with E-state index in [1.807, 2.05) is 13.0 Å². The van der Waals surface area contributed by atoms with E-state index in [1.165, 1.54) is 12.5 Å². The average molecular weight is 191 g/mol. The highest BCUT2D eigenvalue weighted by Crippen LogP contribution is 2.32. The van der Waals surface area contributed by atoms with Crippen LogP contribution in [-0.4, -0.2) is 11.0 Å². The molecule has 0 fully saturated rings. The summed E-state index contributed by atoms with van der Waals surface area (Å²) in [6.07, 6.45) is 1.70. The topological polar surface area (TPSA) is 39.2 Å². The number of hydrogen-bond acceptors (Lipinski definition) is 3. The van der Waals surface area contributed by atoms with Crippen LogP contribution in [0.5, 0.6) is 0 Å². The maximum absolute atomic E-state index is 10.8. The molecule has 2 rings (SSSR count). The Morgan fingerprint density at radius 2 is 2.36 bits per heavy atom. The quantitative estimate of drug-likeness (QED) is 0.637. The summed E-state index contributed by atoms with van der Waals surface area (Å²) in [5.74, 6) is -0.230. The first kappa shape index (κ1) is 9.19. The molecule has 1 aromatic heterocycles. The second kappa shape index (κ2) is 3.40. The molecule has 1 aliphatic carbocycles. The Bertz CT molecular complexity index is 374. The maximum Gasteiger partial charge on any atom is 0.303 e. The summed E-state index contributed by atoms with van der Waals surface area (Å²) in [6.45, 7) is 3.39. The third-order valence-corrected chi connectivity index (χ3v) is 2.44. The van der Waals surface area contributed by atoms with Gasteiger partial charge in [0, 0.05) is 12.6 Å². The second-order valence-corrected chi connectivity index (χ2v) is 3.63. The second-order valence-electron chi connectivity index (χ2n) is 3.63. The van der Waals surface area contributed by atoms with E-state index in [0.29, 0.717) is 0 Å². The monoisotopic (exact) mass is 191 g/mol. The minimum absolute atomic E-state index is 0.123. The number of fused-ring (bicyclic) bond motifs is 1. The Balaban J connectivity index is 2.28. The van der Waals surface area contributed by atoms with E-state index in [0.717, 1.165) is 24.2 Å². The maximum atomic E-state index is 10.8. The van der Waals surface area contributed by atoms with Crippen LogP contribution in [0.3, 0.4) is 0 Å². The molecule has 0 radical (unpaired) electrons. The molecular weight excluding hydrogens is 178 g/mol. The fraction of sp³-hybridized carbons (Fsp3) is 0.455. The summed E-state index contributed by atoms with van der Waals surface area (Å²) in [5, 5.41) is 0. The lowest BCUT2D eigenvalue weighted by molar-refractivity contribution is -0.146. The molecule has 74 valence electrons. The van der Waals surface area contributed by atoms with Crippen molar-refractivity contribution in [3.05, 3.63) is 29.1 Å². The molecule has 0 saturated carbocycles. The van der Waals surface area contributed by atoms with Crippen molar-refractivity contribution in [1.82, 2.24) is 4.98 Å². The van der Waals surface area contributed by atoms with Crippen LogP contribution in [0.1, 0.15) is 36.4 Å². The highest BCUT2D eigenvalue weighted by molar-refractivity contribution is 5.66. The summed E-state index contributed by atoms with van der Waals surface area (Å²) in [7, 11) is 0. The van der Waals surface area contributed by atoms with Crippen LogP contribution in [0.2, 0.25) is 0 Å². The number of esters is 1. The zero-order chi connectivity index (χ0) is 10.1. The molecule has 3 heteroatoms. The van der Waals surface area contributed by atoms with Crippen LogP contribution in [0, 0.1) is 6.92 Å². The van der Waals surface area contributed by atoms with Crippen LogP contribution in [0.4, 0.5) is 0 Å². The number of nitrogens with zero attached hydrogens (tertiary/aromatic N) is 1. The van der Waals surface area contributed by atoms with Gasteiger partial charge in [0.05, 0.1) is 5.69 Å². The highest BCUT2D eigenvalue weighted by atomic mass is 16.5. The van der Waals surface area contributed by atoms with Gasteiger partial charge in [0.2, 0.25) is 0 Å². The Morgan fingerprint density at radius 1 is 1.57 bits per heavy atom. The summed E-state index contributed by atoms with van der Waals surface area (Å²) in [4.78, 5) is 15.3. The van der Waals surface area contributed by atoms with E-state index >= 15 is 0 Å². The van der Waals surface area contributed by atoms with Gasteiger partial charge >= 0.3 is 5.97 Å². The predicted molar refractivity (Wildman–Crippen MR) is 51.8 cm³/mol. The molecule has 0 spiro atoms. The molecule has 0 amide bonds. The van der Waals surface area contributed by atoms with Crippen LogP contribution in [0.25, 0.3) is 0 Å². The van der Waals surface area contributed by atoms with Gasteiger partial charge < -0.3 is 4.74 Å². The molecule has 0 unspecified atom stereocenters. The van der Waals surface area contributed by atoms with Gasteiger partial charge in [-0.05, 0) is 31.4 Å². The Kier molecular flexibility index (Phi) is 2.23. The fourth-order valence-corrected chi connectivity index (χ4v) is 1.83. The number of carbonyl (C=O) groups is 1. The molecule has 0 bridgehead atoms. The summed E-state index contributed by atoms with van der Waals surface area (Å²) >= 11 is 0. The number of rotatable bonds is 1. The Labute approximate surface area is 83.1 Å². The smallest absolute Gasteiger partial charge is 0.303 e. The molecule has 0 aliphatic heterocycles. The van der Waals surface area contributed by atoms with Crippen molar-refractivity contribution in [3.8, 4) is 0 Å². The molecule has 1 atom stereocenters. The number of hydrogen-bond donors (Lipinski definition) is 0. The zero-order valence-corrected chi connectivity index (χ0v) is 8.41. The normalized spacial score (nSPS) is 19.1. The lowest BCUT2D eigenvalue weighted by Crippen LogP contribution is -2.07. The van der Waals surface area contributed by atoms with Crippen LogP contribution in [0.15, 0.2) is 12.1 Å². The Hall–Kier alpha value is -1.38. The van der Waals surface area contributed by atoms with E-state index in [4.69, 9.17) is 4.74 Å². The van der Waals surface area contributed by atoms with Gasteiger partial charge in [-0.25, -0.2) is 0 Å². The molecular formula is C11H13NO2. The lowest BCUT2D eigenvalue weighted by atomic mass is 10.2. The summed E-state index contributed by atoms with van der Waals surface area (Å²) in [5.41, 5.74) is 3.13. The Morgan fingerprint density at radius 3 is 3.07 bits per heavy atom. The lowest BCUT2D eigenvalue weighted by Gasteiger charge is -2.10. The standard InChI is InChI=1S/C11H13NO2/c1-7-3-4-9-5-6-10(11(9)12-7)14-8(2)13/h3-4,10H,5-6H2,1-2H3/t10-/m0/s1. The summed E-state index contributed by atoms with van der Waals surface area (Å²) < 4.78 is 5.19. The minimum Gasteiger partial charge on any atom is -0.456 e. The first-order chi connectivity index (χ1) is 6.66. The fourth-order valence-electron chi connectivity index (χ4n) is 1.83. The average Bonchev–Trinajstić information content (AvgIpc) is 2.47. The first-order valence-corrected chi connectivity index (χ1v) is 4.80. The van der Waals surface area contributed by atoms with E-state index in [1.54, 1.807) is 0 Å². The van der Waals surface area contributed by atoms with Crippen LogP contribution in [-0.2, 0) is 16.0 Å². The molecule has 0 aromatic carbocycles. The van der Waals surface area contributed by atoms with Crippen molar-refractivity contribution in [1.29, 1.82) is 0 Å². The largest absolute Gasteiger partial charge is 0.456 e. The molecule has 0 N–H and O–H groups in total. The SMILES string of the molecule is CC(=O)O[C@H]1CCc2ccc(C)nc21. The van der Waals surface area contributed by atoms with Crippen molar-refractivity contribution in [2.45, 2.75) is 32.8 Å². The highest BCUT2D eigenvalue weighted by Gasteiger charge is 2.26. The first-order valence-electron chi connectivity index (χ1n) is 4.80. The van der Waals surface area contributed by atoms with Gasteiger partial charge in [-0.1, -0.05) is 6.07 Å². The minimum atomic E-state index is -0.230. The number of aryl methyl sites for hydroxylation is 2. The van der Waals surface area contributed by atoms with Gasteiger partial charge in [-0.3, -0.25) is 9.78 Å². The number of ether oxygens (including phenoxy) is 1.